The first-order valence-corrected chi connectivity index (χ1v) is 7.60. The number of nitrogens with one attached hydrogen (secondary N) is 1. The molecule has 1 aromatic rings. The summed E-state index contributed by atoms with van der Waals surface area (Å²) in [6.07, 6.45) is 2.16. The first kappa shape index (κ1) is 16.3. The molecule has 0 atom stereocenters. The van der Waals surface area contributed by atoms with Gasteiger partial charge in [-0.1, -0.05) is 19.9 Å². The van der Waals surface area contributed by atoms with Gasteiger partial charge in [-0.15, -0.1) is 0 Å². The number of methoxy groups -OCH3 is 1. The molecule has 19 heavy (non-hydrogen) atoms. The van der Waals surface area contributed by atoms with Gasteiger partial charge in [0, 0.05) is 0 Å². The monoisotopic (exact) mass is 329 g/mol. The zero-order valence-corrected chi connectivity index (χ0v) is 13.6. The molecular weight excluding hydrogens is 306 g/mol. The topological polar surface area (TPSA) is 30.5 Å². The summed E-state index contributed by atoms with van der Waals surface area (Å²) < 4.78 is 12.0. The van der Waals surface area contributed by atoms with E-state index in [0.717, 1.165) is 41.9 Å². The van der Waals surface area contributed by atoms with Gasteiger partial charge in [-0.05, 0) is 59.9 Å². The van der Waals surface area contributed by atoms with Crippen LogP contribution in [-0.2, 0) is 0 Å². The minimum absolute atomic E-state index is 0.709. The summed E-state index contributed by atoms with van der Waals surface area (Å²) in [6, 6.07) is 5.80. The van der Waals surface area contributed by atoms with Crippen LogP contribution >= 0.6 is 15.9 Å². The summed E-state index contributed by atoms with van der Waals surface area (Å²) in [5, 5.41) is 3.43. The second-order valence-corrected chi connectivity index (χ2v) is 5.78. The fourth-order valence-electron chi connectivity index (χ4n) is 1.71. The molecule has 0 aliphatic rings. The maximum atomic E-state index is 5.79. The molecule has 0 spiro atoms. The summed E-state index contributed by atoms with van der Waals surface area (Å²) in [5.74, 6) is 2.27. The molecule has 0 bridgehead atoms. The van der Waals surface area contributed by atoms with E-state index < -0.39 is 0 Å². The molecule has 1 N–H and O–H groups in total. The number of hydrogen-bond acceptors (Lipinski definition) is 3. The second kappa shape index (κ2) is 9.21. The molecule has 0 saturated heterocycles. The van der Waals surface area contributed by atoms with Gasteiger partial charge >= 0.3 is 0 Å². The molecule has 0 unspecified atom stereocenters. The Balaban J connectivity index is 2.22. The van der Waals surface area contributed by atoms with Gasteiger partial charge in [-0.2, -0.15) is 0 Å². The van der Waals surface area contributed by atoms with Gasteiger partial charge in [-0.25, -0.2) is 0 Å². The van der Waals surface area contributed by atoms with Crippen molar-refractivity contribution in [3.05, 3.63) is 22.7 Å². The molecule has 0 saturated carbocycles. The van der Waals surface area contributed by atoms with Crippen molar-refractivity contribution >= 4 is 15.9 Å². The van der Waals surface area contributed by atoms with Gasteiger partial charge in [-0.3, -0.25) is 0 Å². The number of unbranched alkanes of at least 4 members (excludes halogenated alkanes) is 1. The van der Waals surface area contributed by atoms with E-state index in [2.05, 4.69) is 35.1 Å². The number of benzene rings is 1. The zero-order valence-electron chi connectivity index (χ0n) is 12.0. The minimum Gasteiger partial charge on any atom is -0.493 e. The highest BCUT2D eigenvalue weighted by molar-refractivity contribution is 9.10. The lowest BCUT2D eigenvalue weighted by Gasteiger charge is -2.12. The highest BCUT2D eigenvalue weighted by Crippen LogP contribution is 2.34. The Hall–Kier alpha value is -0.740. The van der Waals surface area contributed by atoms with E-state index in [1.165, 1.54) is 0 Å². The molecule has 0 aromatic heterocycles. The Morgan fingerprint density at radius 2 is 2.05 bits per heavy atom. The van der Waals surface area contributed by atoms with E-state index in [0.29, 0.717) is 12.5 Å². The molecule has 108 valence electrons. The largest absolute Gasteiger partial charge is 0.493 e. The van der Waals surface area contributed by atoms with Gasteiger partial charge in [0.25, 0.3) is 0 Å². The third kappa shape index (κ3) is 6.30. The third-order valence-electron chi connectivity index (χ3n) is 2.70. The molecule has 0 heterocycles. The van der Waals surface area contributed by atoms with Crippen LogP contribution in [-0.4, -0.2) is 26.8 Å². The lowest BCUT2D eigenvalue weighted by atomic mass is 10.2. The van der Waals surface area contributed by atoms with Crippen molar-refractivity contribution in [3.8, 4) is 11.5 Å². The number of halogens is 1. The molecule has 0 radical (unpaired) electrons. The van der Waals surface area contributed by atoms with Crippen molar-refractivity contribution < 1.29 is 9.47 Å². The maximum Gasteiger partial charge on any atom is 0.175 e. The van der Waals surface area contributed by atoms with Gasteiger partial charge in [0.1, 0.15) is 0 Å². The van der Waals surface area contributed by atoms with Crippen molar-refractivity contribution in [1.29, 1.82) is 0 Å². The predicted molar refractivity (Wildman–Crippen MR) is 83.1 cm³/mol. The van der Waals surface area contributed by atoms with Crippen molar-refractivity contribution in [2.45, 2.75) is 26.7 Å². The lowest BCUT2D eigenvalue weighted by Crippen LogP contribution is -2.21. The van der Waals surface area contributed by atoms with Crippen molar-refractivity contribution in [3.63, 3.8) is 0 Å². The van der Waals surface area contributed by atoms with E-state index in [-0.39, 0.29) is 0 Å². The van der Waals surface area contributed by atoms with Gasteiger partial charge in [0.2, 0.25) is 0 Å². The lowest BCUT2D eigenvalue weighted by molar-refractivity contribution is 0.283. The van der Waals surface area contributed by atoms with Crippen molar-refractivity contribution in [1.82, 2.24) is 5.32 Å². The molecular formula is C15H24BrNO2. The first-order valence-electron chi connectivity index (χ1n) is 6.81. The molecule has 0 aliphatic carbocycles. The van der Waals surface area contributed by atoms with E-state index in [1.807, 2.05) is 18.2 Å². The zero-order chi connectivity index (χ0) is 14.1. The van der Waals surface area contributed by atoms with Crippen molar-refractivity contribution in [2.75, 3.05) is 26.8 Å². The summed E-state index contributed by atoms with van der Waals surface area (Å²) in [6.45, 7) is 7.28. The molecule has 1 rings (SSSR count). The maximum absolute atomic E-state index is 5.79. The fraction of sp³-hybridized carbons (Fsp3) is 0.600. The Kier molecular flexibility index (Phi) is 7.91. The van der Waals surface area contributed by atoms with Gasteiger partial charge in [0.15, 0.2) is 11.5 Å². The predicted octanol–water partition coefficient (Wildman–Crippen LogP) is 3.86. The van der Waals surface area contributed by atoms with E-state index >= 15 is 0 Å². The minimum atomic E-state index is 0.709. The summed E-state index contributed by atoms with van der Waals surface area (Å²) in [5.41, 5.74) is 0. The Morgan fingerprint density at radius 3 is 2.74 bits per heavy atom. The third-order valence-corrected chi connectivity index (χ3v) is 3.32. The van der Waals surface area contributed by atoms with E-state index in [1.54, 1.807) is 7.11 Å². The van der Waals surface area contributed by atoms with Crippen LogP contribution in [0.25, 0.3) is 0 Å². The normalized spacial score (nSPS) is 10.8. The average Bonchev–Trinajstić information content (AvgIpc) is 2.38. The van der Waals surface area contributed by atoms with Crippen LogP contribution in [0.4, 0.5) is 0 Å². The summed E-state index contributed by atoms with van der Waals surface area (Å²) in [4.78, 5) is 0. The Bertz CT molecular complexity index is 369. The Morgan fingerprint density at radius 1 is 1.26 bits per heavy atom. The van der Waals surface area contributed by atoms with Crippen molar-refractivity contribution in [2.24, 2.45) is 5.92 Å². The number of hydrogen-bond donors (Lipinski definition) is 1. The highest BCUT2D eigenvalue weighted by Gasteiger charge is 2.07. The molecule has 0 fully saturated rings. The molecule has 3 nitrogen and oxygen atoms in total. The van der Waals surface area contributed by atoms with Crippen LogP contribution < -0.4 is 14.8 Å². The second-order valence-electron chi connectivity index (χ2n) is 4.92. The number of rotatable bonds is 9. The average molecular weight is 330 g/mol. The van der Waals surface area contributed by atoms with Crippen LogP contribution in [0.3, 0.4) is 0 Å². The van der Waals surface area contributed by atoms with Gasteiger partial charge < -0.3 is 14.8 Å². The SMILES string of the molecule is COc1cccc(Br)c1OCCCCNCC(C)C. The summed E-state index contributed by atoms with van der Waals surface area (Å²) >= 11 is 3.48. The fourth-order valence-corrected chi connectivity index (χ4v) is 2.17. The van der Waals surface area contributed by atoms with Crippen LogP contribution in [0, 0.1) is 5.92 Å². The number of para-hydroxylation sites is 1. The molecule has 0 aliphatic heterocycles. The quantitative estimate of drug-likeness (QED) is 0.698. The molecule has 0 amide bonds. The standard InChI is InChI=1S/C15H24BrNO2/c1-12(2)11-17-9-4-5-10-19-15-13(16)7-6-8-14(15)18-3/h6-8,12,17H,4-5,9-11H2,1-3H3. The van der Waals surface area contributed by atoms with E-state index in [4.69, 9.17) is 9.47 Å². The van der Waals surface area contributed by atoms with Gasteiger partial charge in [0.05, 0.1) is 18.2 Å². The number of ether oxygens (including phenoxy) is 2. The van der Waals surface area contributed by atoms with Crippen LogP contribution in [0.1, 0.15) is 26.7 Å². The first-order chi connectivity index (χ1) is 9.15. The van der Waals surface area contributed by atoms with Crippen LogP contribution in [0.2, 0.25) is 0 Å². The molecule has 4 heteroatoms. The highest BCUT2D eigenvalue weighted by atomic mass is 79.9. The van der Waals surface area contributed by atoms with E-state index in [9.17, 15) is 0 Å². The molecule has 1 aromatic carbocycles. The summed E-state index contributed by atoms with van der Waals surface area (Å²) in [7, 11) is 1.66. The van der Waals surface area contributed by atoms with Crippen LogP contribution in [0.15, 0.2) is 22.7 Å². The Labute approximate surface area is 124 Å². The smallest absolute Gasteiger partial charge is 0.175 e. The van der Waals surface area contributed by atoms with Crippen LogP contribution in [0.5, 0.6) is 11.5 Å².